The van der Waals surface area contributed by atoms with Crippen molar-refractivity contribution < 1.29 is 0 Å². The first kappa shape index (κ1) is 15.8. The molecule has 1 aromatic carbocycles. The summed E-state index contributed by atoms with van der Waals surface area (Å²) in [6, 6.07) is 11.6. The lowest BCUT2D eigenvalue weighted by Crippen LogP contribution is -1.96. The van der Waals surface area contributed by atoms with E-state index in [1.165, 1.54) is 11.8 Å². The highest BCUT2D eigenvalue weighted by atomic mass is 32.2. The SMILES string of the molecule is Cn1cc(-c2ccc3nnc(Sc4ccc5nccc(N)c5c4)n3n2)cn1. The highest BCUT2D eigenvalue weighted by molar-refractivity contribution is 7.99. The molecule has 0 radical (unpaired) electrons. The molecule has 0 fully saturated rings. The molecule has 0 aliphatic rings. The molecule has 0 atom stereocenters. The van der Waals surface area contributed by atoms with E-state index in [1.807, 2.05) is 43.6 Å². The lowest BCUT2D eigenvalue weighted by Gasteiger charge is -2.04. The smallest absolute Gasteiger partial charge is 0.217 e. The number of aromatic nitrogens is 7. The van der Waals surface area contributed by atoms with Gasteiger partial charge in [-0.3, -0.25) is 9.67 Å². The maximum absolute atomic E-state index is 6.07. The van der Waals surface area contributed by atoms with Gasteiger partial charge in [-0.15, -0.1) is 10.2 Å². The van der Waals surface area contributed by atoms with E-state index in [2.05, 4.69) is 25.4 Å². The average molecular weight is 374 g/mol. The van der Waals surface area contributed by atoms with Crippen molar-refractivity contribution in [3.8, 4) is 11.3 Å². The normalized spacial score (nSPS) is 11.4. The van der Waals surface area contributed by atoms with Crippen LogP contribution in [-0.4, -0.2) is 34.6 Å². The Labute approximate surface area is 158 Å². The maximum atomic E-state index is 6.07. The molecule has 4 aromatic heterocycles. The largest absolute Gasteiger partial charge is 0.398 e. The Morgan fingerprint density at radius 2 is 2.00 bits per heavy atom. The Kier molecular flexibility index (Phi) is 3.54. The first-order valence-electron chi connectivity index (χ1n) is 8.21. The lowest BCUT2D eigenvalue weighted by molar-refractivity contribution is 0.767. The molecule has 4 heterocycles. The minimum absolute atomic E-state index is 0.678. The summed E-state index contributed by atoms with van der Waals surface area (Å²) in [7, 11) is 1.88. The number of hydrogen-bond donors (Lipinski definition) is 1. The van der Waals surface area contributed by atoms with Crippen LogP contribution in [0.1, 0.15) is 0 Å². The van der Waals surface area contributed by atoms with Gasteiger partial charge in [-0.25, -0.2) is 0 Å². The van der Waals surface area contributed by atoms with Crippen molar-refractivity contribution in [3.05, 3.63) is 55.0 Å². The van der Waals surface area contributed by atoms with Crippen LogP contribution < -0.4 is 5.73 Å². The summed E-state index contributed by atoms with van der Waals surface area (Å²) in [6.45, 7) is 0. The number of hydrogen-bond acceptors (Lipinski definition) is 7. The van der Waals surface area contributed by atoms with Gasteiger partial charge >= 0.3 is 0 Å². The predicted octanol–water partition coefficient (Wildman–Crippen LogP) is 2.81. The van der Waals surface area contributed by atoms with Crippen LogP contribution in [0, 0.1) is 0 Å². The van der Waals surface area contributed by atoms with Crippen LogP contribution in [0.2, 0.25) is 0 Å². The van der Waals surface area contributed by atoms with Gasteiger partial charge in [-0.1, -0.05) is 0 Å². The topological polar surface area (TPSA) is 99.8 Å². The Morgan fingerprint density at radius 1 is 1.07 bits per heavy atom. The standard InChI is InChI=1S/C18H14N8S/c1-25-10-11(9-21-25)15-4-5-17-22-23-18(26(17)24-15)27-12-2-3-16-13(8-12)14(19)6-7-20-16/h2-10H,1H3,(H2,19,20). The molecule has 0 spiro atoms. The van der Waals surface area contributed by atoms with Crippen LogP contribution in [0.25, 0.3) is 27.8 Å². The molecule has 5 aromatic rings. The molecule has 0 saturated heterocycles. The Morgan fingerprint density at radius 3 is 2.85 bits per heavy atom. The Hall–Kier alpha value is -3.46. The molecule has 0 unspecified atom stereocenters. The van der Waals surface area contributed by atoms with E-state index in [0.717, 1.165) is 27.1 Å². The van der Waals surface area contributed by atoms with E-state index in [4.69, 9.17) is 5.73 Å². The number of aryl methyl sites for hydroxylation is 1. The second-order valence-corrected chi connectivity index (χ2v) is 7.10. The summed E-state index contributed by atoms with van der Waals surface area (Å²) < 4.78 is 3.49. The van der Waals surface area contributed by atoms with Crippen molar-refractivity contribution in [2.45, 2.75) is 10.1 Å². The van der Waals surface area contributed by atoms with E-state index in [9.17, 15) is 0 Å². The first-order valence-corrected chi connectivity index (χ1v) is 9.02. The molecule has 0 aliphatic carbocycles. The van der Waals surface area contributed by atoms with Crippen molar-refractivity contribution in [1.82, 2.24) is 34.6 Å². The summed E-state index contributed by atoms with van der Waals surface area (Å²) in [5, 5.41) is 19.0. The number of anilines is 1. The second-order valence-electron chi connectivity index (χ2n) is 6.06. The number of nitrogens with two attached hydrogens (primary N) is 1. The molecule has 8 nitrogen and oxygen atoms in total. The van der Waals surface area contributed by atoms with Crippen molar-refractivity contribution in [2.75, 3.05) is 5.73 Å². The summed E-state index contributed by atoms with van der Waals surface area (Å²) in [5.41, 5.74) is 10.1. The summed E-state index contributed by atoms with van der Waals surface area (Å²) in [4.78, 5) is 5.33. The molecule has 0 saturated carbocycles. The molecule has 9 heteroatoms. The fourth-order valence-corrected chi connectivity index (χ4v) is 3.68. The number of nitrogen functional groups attached to an aromatic ring is 1. The first-order chi connectivity index (χ1) is 13.2. The zero-order chi connectivity index (χ0) is 18.4. The molecular formula is C18H14N8S. The third-order valence-electron chi connectivity index (χ3n) is 4.19. The van der Waals surface area contributed by atoms with Crippen LogP contribution >= 0.6 is 11.8 Å². The molecule has 0 amide bonds. The van der Waals surface area contributed by atoms with Gasteiger partial charge in [0.15, 0.2) is 5.65 Å². The van der Waals surface area contributed by atoms with Gasteiger partial charge in [0.2, 0.25) is 5.16 Å². The molecule has 27 heavy (non-hydrogen) atoms. The molecule has 0 bridgehead atoms. The van der Waals surface area contributed by atoms with Gasteiger partial charge in [0, 0.05) is 41.0 Å². The Balaban J connectivity index is 1.56. The van der Waals surface area contributed by atoms with Gasteiger partial charge in [0.05, 0.1) is 17.4 Å². The number of rotatable bonds is 3. The zero-order valence-corrected chi connectivity index (χ0v) is 15.1. The summed E-state index contributed by atoms with van der Waals surface area (Å²) in [5.74, 6) is 0. The quantitative estimate of drug-likeness (QED) is 0.518. The van der Waals surface area contributed by atoms with Crippen LogP contribution in [0.5, 0.6) is 0 Å². The van der Waals surface area contributed by atoms with Gasteiger partial charge in [0.1, 0.15) is 0 Å². The van der Waals surface area contributed by atoms with Crippen molar-refractivity contribution in [1.29, 1.82) is 0 Å². The molecule has 5 rings (SSSR count). The average Bonchev–Trinajstić information content (AvgIpc) is 3.28. The van der Waals surface area contributed by atoms with Crippen LogP contribution in [0.3, 0.4) is 0 Å². The fourth-order valence-electron chi connectivity index (χ4n) is 2.86. The number of fused-ring (bicyclic) bond motifs is 2. The third kappa shape index (κ3) is 2.77. The Bertz CT molecular complexity index is 1290. The van der Waals surface area contributed by atoms with Crippen LogP contribution in [-0.2, 0) is 7.05 Å². The molecule has 2 N–H and O–H groups in total. The number of pyridine rings is 1. The van der Waals surface area contributed by atoms with Gasteiger partial charge < -0.3 is 5.73 Å². The van der Waals surface area contributed by atoms with Crippen LogP contribution in [0.4, 0.5) is 5.69 Å². The van der Waals surface area contributed by atoms with Crippen molar-refractivity contribution in [3.63, 3.8) is 0 Å². The maximum Gasteiger partial charge on any atom is 0.217 e. The fraction of sp³-hybridized carbons (Fsp3) is 0.0556. The van der Waals surface area contributed by atoms with Gasteiger partial charge in [0.25, 0.3) is 0 Å². The highest BCUT2D eigenvalue weighted by Gasteiger charge is 2.12. The minimum atomic E-state index is 0.678. The van der Waals surface area contributed by atoms with E-state index < -0.39 is 0 Å². The summed E-state index contributed by atoms with van der Waals surface area (Å²) >= 11 is 1.48. The number of benzene rings is 1. The van der Waals surface area contributed by atoms with E-state index in [0.29, 0.717) is 16.5 Å². The van der Waals surface area contributed by atoms with Crippen molar-refractivity contribution >= 4 is 34.0 Å². The monoisotopic (exact) mass is 374 g/mol. The predicted molar refractivity (Wildman–Crippen MR) is 103 cm³/mol. The van der Waals surface area contributed by atoms with E-state index >= 15 is 0 Å². The van der Waals surface area contributed by atoms with Crippen molar-refractivity contribution in [2.24, 2.45) is 7.05 Å². The van der Waals surface area contributed by atoms with E-state index in [-0.39, 0.29) is 0 Å². The number of nitrogens with zero attached hydrogens (tertiary/aromatic N) is 7. The molecular weight excluding hydrogens is 360 g/mol. The highest BCUT2D eigenvalue weighted by Crippen LogP contribution is 2.30. The zero-order valence-electron chi connectivity index (χ0n) is 14.3. The van der Waals surface area contributed by atoms with Crippen LogP contribution in [0.15, 0.2) is 65.0 Å². The van der Waals surface area contributed by atoms with E-state index in [1.54, 1.807) is 27.7 Å². The summed E-state index contributed by atoms with van der Waals surface area (Å²) in [6.07, 6.45) is 5.41. The lowest BCUT2D eigenvalue weighted by atomic mass is 10.2. The van der Waals surface area contributed by atoms with Gasteiger partial charge in [-0.2, -0.15) is 14.7 Å². The third-order valence-corrected chi connectivity index (χ3v) is 5.12. The molecule has 0 aliphatic heterocycles. The minimum Gasteiger partial charge on any atom is -0.398 e. The van der Waals surface area contributed by atoms with Gasteiger partial charge in [-0.05, 0) is 48.2 Å². The second kappa shape index (κ2) is 6.06. The molecule has 132 valence electrons.